The molecule has 3 aliphatic rings. The lowest BCUT2D eigenvalue weighted by Crippen LogP contribution is -2.42. The van der Waals surface area contributed by atoms with Gasteiger partial charge in [-0.25, -0.2) is 0 Å². The van der Waals surface area contributed by atoms with Crippen molar-refractivity contribution in [2.24, 2.45) is 17.8 Å². The molecule has 0 spiro atoms. The quantitative estimate of drug-likeness (QED) is 0.835. The molecule has 0 radical (unpaired) electrons. The number of hydrogen-bond acceptors (Lipinski definition) is 2. The minimum absolute atomic E-state index is 0. The standard InChI is InChI=1S/C13H22N2O.ClH/c1-14-8-9-4-3-7-15(9)13(16)12-10-5-2-6-11(10)12;/h9-12,14H,2-8H2,1H3;1H. The number of likely N-dealkylation sites (tertiary alicyclic amines) is 1. The summed E-state index contributed by atoms with van der Waals surface area (Å²) in [6, 6.07) is 0.471. The summed E-state index contributed by atoms with van der Waals surface area (Å²) in [5.41, 5.74) is 0. The molecule has 3 nitrogen and oxygen atoms in total. The van der Waals surface area contributed by atoms with Crippen LogP contribution in [0.25, 0.3) is 0 Å². The number of hydrogen-bond donors (Lipinski definition) is 1. The van der Waals surface area contributed by atoms with Gasteiger partial charge in [0, 0.05) is 25.0 Å². The first-order valence-electron chi connectivity index (χ1n) is 6.78. The van der Waals surface area contributed by atoms with Gasteiger partial charge >= 0.3 is 0 Å². The topological polar surface area (TPSA) is 32.3 Å². The number of likely N-dealkylation sites (N-methyl/N-ethyl adjacent to an activating group) is 1. The van der Waals surface area contributed by atoms with E-state index in [1.165, 1.54) is 32.1 Å². The molecule has 1 saturated heterocycles. The summed E-state index contributed by atoms with van der Waals surface area (Å²) in [7, 11) is 1.98. The summed E-state index contributed by atoms with van der Waals surface area (Å²) >= 11 is 0. The molecule has 2 saturated carbocycles. The number of nitrogens with zero attached hydrogens (tertiary/aromatic N) is 1. The van der Waals surface area contributed by atoms with Gasteiger partial charge in [0.25, 0.3) is 0 Å². The molecule has 3 rings (SSSR count). The van der Waals surface area contributed by atoms with Crippen LogP contribution in [0.2, 0.25) is 0 Å². The molecule has 0 aromatic carbocycles. The Kier molecular flexibility index (Phi) is 3.99. The number of amides is 1. The minimum Gasteiger partial charge on any atom is -0.338 e. The van der Waals surface area contributed by atoms with Gasteiger partial charge in [-0.3, -0.25) is 4.79 Å². The summed E-state index contributed by atoms with van der Waals surface area (Å²) in [5.74, 6) is 2.44. The van der Waals surface area contributed by atoms with E-state index in [1.807, 2.05) is 7.05 Å². The molecular weight excluding hydrogens is 236 g/mol. The Labute approximate surface area is 110 Å². The highest BCUT2D eigenvalue weighted by Crippen LogP contribution is 2.58. The third kappa shape index (κ3) is 2.19. The molecule has 3 fully saturated rings. The highest BCUT2D eigenvalue weighted by atomic mass is 35.5. The molecule has 3 atom stereocenters. The lowest BCUT2D eigenvalue weighted by molar-refractivity contribution is -0.134. The Bertz CT molecular complexity index is 287. The Balaban J connectivity index is 0.00000108. The van der Waals surface area contributed by atoms with Crippen molar-refractivity contribution in [2.75, 3.05) is 20.1 Å². The molecule has 1 amide bonds. The fraction of sp³-hybridized carbons (Fsp3) is 0.923. The van der Waals surface area contributed by atoms with Gasteiger partial charge in [-0.2, -0.15) is 0 Å². The van der Waals surface area contributed by atoms with Crippen molar-refractivity contribution in [1.29, 1.82) is 0 Å². The highest BCUT2D eigenvalue weighted by molar-refractivity contribution is 5.85. The Hall–Kier alpha value is -0.280. The van der Waals surface area contributed by atoms with Crippen molar-refractivity contribution in [3.8, 4) is 0 Å². The zero-order valence-electron chi connectivity index (χ0n) is 10.5. The maximum atomic E-state index is 12.4. The first-order valence-corrected chi connectivity index (χ1v) is 6.78. The maximum absolute atomic E-state index is 12.4. The first kappa shape index (κ1) is 13.2. The molecule has 17 heavy (non-hydrogen) atoms. The van der Waals surface area contributed by atoms with Crippen LogP contribution in [0, 0.1) is 17.8 Å². The van der Waals surface area contributed by atoms with Gasteiger partial charge in [0.15, 0.2) is 0 Å². The van der Waals surface area contributed by atoms with E-state index in [2.05, 4.69) is 10.2 Å². The normalized spacial score (nSPS) is 38.8. The fourth-order valence-electron chi connectivity index (χ4n) is 3.95. The SMILES string of the molecule is CNCC1CCCN1C(=O)C1C2CCCC21.Cl. The molecule has 1 N–H and O–H groups in total. The number of nitrogens with one attached hydrogen (secondary N) is 1. The lowest BCUT2D eigenvalue weighted by Gasteiger charge is -2.25. The maximum Gasteiger partial charge on any atom is 0.226 e. The van der Waals surface area contributed by atoms with E-state index in [0.29, 0.717) is 17.9 Å². The van der Waals surface area contributed by atoms with E-state index in [9.17, 15) is 4.79 Å². The van der Waals surface area contributed by atoms with Gasteiger partial charge < -0.3 is 10.2 Å². The van der Waals surface area contributed by atoms with E-state index in [-0.39, 0.29) is 12.4 Å². The average Bonchev–Trinajstić information content (AvgIpc) is 2.73. The molecule has 0 aromatic heterocycles. The average molecular weight is 259 g/mol. The molecular formula is C13H23ClN2O. The van der Waals surface area contributed by atoms with Crippen LogP contribution < -0.4 is 5.32 Å². The largest absolute Gasteiger partial charge is 0.338 e. The number of carbonyl (C=O) groups excluding carboxylic acids is 1. The van der Waals surface area contributed by atoms with Gasteiger partial charge in [0.05, 0.1) is 0 Å². The summed E-state index contributed by atoms with van der Waals surface area (Å²) < 4.78 is 0. The van der Waals surface area contributed by atoms with Gasteiger partial charge in [-0.05, 0) is 44.6 Å². The van der Waals surface area contributed by atoms with Crippen LogP contribution in [0.4, 0.5) is 0 Å². The van der Waals surface area contributed by atoms with Crippen LogP contribution in [-0.2, 0) is 4.79 Å². The fourth-order valence-corrected chi connectivity index (χ4v) is 3.95. The Morgan fingerprint density at radius 3 is 2.59 bits per heavy atom. The van der Waals surface area contributed by atoms with Crippen molar-refractivity contribution >= 4 is 18.3 Å². The van der Waals surface area contributed by atoms with Gasteiger partial charge in [0.1, 0.15) is 0 Å². The van der Waals surface area contributed by atoms with E-state index in [4.69, 9.17) is 0 Å². The van der Waals surface area contributed by atoms with Gasteiger partial charge in [0.2, 0.25) is 5.91 Å². The number of fused-ring (bicyclic) bond motifs is 1. The first-order chi connectivity index (χ1) is 7.83. The third-order valence-corrected chi connectivity index (χ3v) is 4.79. The van der Waals surface area contributed by atoms with Crippen molar-refractivity contribution in [1.82, 2.24) is 10.2 Å². The van der Waals surface area contributed by atoms with Crippen LogP contribution in [0.15, 0.2) is 0 Å². The second-order valence-corrected chi connectivity index (χ2v) is 5.67. The highest BCUT2D eigenvalue weighted by Gasteiger charge is 2.58. The monoisotopic (exact) mass is 258 g/mol. The minimum atomic E-state index is 0. The van der Waals surface area contributed by atoms with E-state index in [1.54, 1.807) is 0 Å². The summed E-state index contributed by atoms with van der Waals surface area (Å²) in [6.45, 7) is 1.97. The second kappa shape index (κ2) is 5.15. The van der Waals surface area contributed by atoms with Crippen LogP contribution in [0.5, 0.6) is 0 Å². The molecule has 4 heteroatoms. The second-order valence-electron chi connectivity index (χ2n) is 5.67. The predicted molar refractivity (Wildman–Crippen MR) is 70.2 cm³/mol. The molecule has 1 aliphatic heterocycles. The summed E-state index contributed by atoms with van der Waals surface area (Å²) in [5, 5.41) is 3.21. The molecule has 2 aliphatic carbocycles. The Morgan fingerprint density at radius 1 is 1.24 bits per heavy atom. The summed E-state index contributed by atoms with van der Waals surface area (Å²) in [6.07, 6.45) is 6.37. The molecule has 98 valence electrons. The summed E-state index contributed by atoms with van der Waals surface area (Å²) in [4.78, 5) is 14.6. The van der Waals surface area contributed by atoms with Crippen molar-refractivity contribution in [3.63, 3.8) is 0 Å². The lowest BCUT2D eigenvalue weighted by atomic mass is 10.1. The van der Waals surface area contributed by atoms with E-state index < -0.39 is 0 Å². The van der Waals surface area contributed by atoms with E-state index >= 15 is 0 Å². The number of halogens is 1. The predicted octanol–water partition coefficient (Wildman–Crippen LogP) is 1.66. The molecule has 1 heterocycles. The van der Waals surface area contributed by atoms with Crippen LogP contribution in [-0.4, -0.2) is 37.0 Å². The number of carbonyl (C=O) groups is 1. The van der Waals surface area contributed by atoms with Crippen LogP contribution in [0.3, 0.4) is 0 Å². The zero-order chi connectivity index (χ0) is 11.1. The molecule has 0 bridgehead atoms. The smallest absolute Gasteiger partial charge is 0.226 e. The number of rotatable bonds is 3. The van der Waals surface area contributed by atoms with Crippen molar-refractivity contribution in [3.05, 3.63) is 0 Å². The van der Waals surface area contributed by atoms with E-state index in [0.717, 1.165) is 24.9 Å². The van der Waals surface area contributed by atoms with Gasteiger partial charge in [-0.1, -0.05) is 6.42 Å². The molecule has 0 aromatic rings. The Morgan fingerprint density at radius 2 is 1.94 bits per heavy atom. The molecule has 3 unspecified atom stereocenters. The van der Waals surface area contributed by atoms with Crippen molar-refractivity contribution < 1.29 is 4.79 Å². The zero-order valence-corrected chi connectivity index (χ0v) is 11.3. The van der Waals surface area contributed by atoms with Crippen LogP contribution in [0.1, 0.15) is 32.1 Å². The van der Waals surface area contributed by atoms with Crippen molar-refractivity contribution in [2.45, 2.75) is 38.1 Å². The third-order valence-electron chi connectivity index (χ3n) is 4.79. The van der Waals surface area contributed by atoms with Crippen LogP contribution >= 0.6 is 12.4 Å². The van der Waals surface area contributed by atoms with Gasteiger partial charge in [-0.15, -0.1) is 12.4 Å².